The van der Waals surface area contributed by atoms with Crippen LogP contribution in [0.25, 0.3) is 16.7 Å². The lowest BCUT2D eigenvalue weighted by Crippen LogP contribution is -2.50. The van der Waals surface area contributed by atoms with Crippen molar-refractivity contribution in [1.82, 2.24) is 9.38 Å². The number of fused-ring (bicyclic) bond motifs is 3. The second-order valence-electron chi connectivity index (χ2n) is 7.49. The Morgan fingerprint density at radius 1 is 1.17 bits per heavy atom. The number of imidazole rings is 1. The molecule has 0 spiro atoms. The van der Waals surface area contributed by atoms with Gasteiger partial charge in [-0.3, -0.25) is 4.40 Å². The molecule has 0 atom stereocenters. The van der Waals surface area contributed by atoms with E-state index < -0.39 is 8.07 Å². The summed E-state index contributed by atoms with van der Waals surface area (Å²) in [5, 5.41) is 9.47. The molecule has 4 nitrogen and oxygen atoms in total. The molecule has 0 saturated carbocycles. The second-order valence-corrected chi connectivity index (χ2v) is 12.2. The standard InChI is InChI=1S/C19H21N3OSi/c1-24(2,3)9-7-14-4-5-18-17(10-14)20-19-11-15(6-8-22(18)19)21-12-16(23)13-21/h4-6,8,10-11,16,23H,12-13H2,1-3H3. The number of aliphatic hydroxyl groups excluding tert-OH is 1. The van der Waals surface area contributed by atoms with Crippen molar-refractivity contribution < 1.29 is 5.11 Å². The number of hydrogen-bond acceptors (Lipinski definition) is 3. The van der Waals surface area contributed by atoms with Gasteiger partial charge in [0, 0.05) is 36.6 Å². The van der Waals surface area contributed by atoms with E-state index in [1.54, 1.807) is 0 Å². The van der Waals surface area contributed by atoms with Gasteiger partial charge in [0.15, 0.2) is 0 Å². The topological polar surface area (TPSA) is 40.8 Å². The lowest BCUT2D eigenvalue weighted by Gasteiger charge is -2.37. The Balaban J connectivity index is 1.74. The molecule has 0 aliphatic carbocycles. The van der Waals surface area contributed by atoms with E-state index in [0.29, 0.717) is 13.1 Å². The first-order chi connectivity index (χ1) is 11.4. The summed E-state index contributed by atoms with van der Waals surface area (Å²) in [6.45, 7) is 8.15. The van der Waals surface area contributed by atoms with E-state index in [4.69, 9.17) is 4.98 Å². The molecule has 0 unspecified atom stereocenters. The Bertz CT molecular complexity index is 985. The number of anilines is 1. The number of β-amino-alcohol motifs (C(OH)–C–C–N with tert-alkyl or cyclic N) is 1. The van der Waals surface area contributed by atoms with Gasteiger partial charge in [-0.25, -0.2) is 4.98 Å². The van der Waals surface area contributed by atoms with Crippen LogP contribution in [0.2, 0.25) is 19.6 Å². The van der Waals surface area contributed by atoms with Crippen molar-refractivity contribution >= 4 is 30.4 Å². The van der Waals surface area contributed by atoms with Crippen molar-refractivity contribution in [2.45, 2.75) is 25.7 Å². The van der Waals surface area contributed by atoms with Crippen molar-refractivity contribution in [2.24, 2.45) is 0 Å². The van der Waals surface area contributed by atoms with Crippen LogP contribution in [0.3, 0.4) is 0 Å². The highest BCUT2D eigenvalue weighted by Crippen LogP contribution is 2.25. The minimum atomic E-state index is -1.38. The fourth-order valence-electron chi connectivity index (χ4n) is 2.91. The normalized spacial score (nSPS) is 15.4. The number of benzene rings is 1. The van der Waals surface area contributed by atoms with Crippen molar-refractivity contribution in [1.29, 1.82) is 0 Å². The van der Waals surface area contributed by atoms with Crippen molar-refractivity contribution in [3.63, 3.8) is 0 Å². The van der Waals surface area contributed by atoms with Crippen LogP contribution in [-0.4, -0.2) is 41.8 Å². The van der Waals surface area contributed by atoms with Gasteiger partial charge in [0.1, 0.15) is 13.7 Å². The summed E-state index contributed by atoms with van der Waals surface area (Å²) in [4.78, 5) is 6.92. The molecule has 5 heteroatoms. The largest absolute Gasteiger partial charge is 0.389 e. The van der Waals surface area contributed by atoms with Crippen molar-refractivity contribution in [3.05, 3.63) is 42.1 Å². The zero-order valence-electron chi connectivity index (χ0n) is 14.2. The Morgan fingerprint density at radius 3 is 2.67 bits per heavy atom. The van der Waals surface area contributed by atoms with E-state index in [1.807, 2.05) is 0 Å². The summed E-state index contributed by atoms with van der Waals surface area (Å²) >= 11 is 0. The van der Waals surface area contributed by atoms with E-state index >= 15 is 0 Å². The Kier molecular flexibility index (Phi) is 3.41. The minimum Gasteiger partial charge on any atom is -0.389 e. The number of pyridine rings is 1. The van der Waals surface area contributed by atoms with Gasteiger partial charge in [0.25, 0.3) is 0 Å². The van der Waals surface area contributed by atoms with Gasteiger partial charge < -0.3 is 10.0 Å². The third kappa shape index (κ3) is 2.79. The number of aliphatic hydroxyl groups is 1. The van der Waals surface area contributed by atoms with Crippen LogP contribution in [0.15, 0.2) is 36.5 Å². The highest BCUT2D eigenvalue weighted by atomic mass is 28.3. The SMILES string of the molecule is C[Si](C)(C)C#Cc1ccc2c(c1)nc1cc(N3CC(O)C3)ccn12. The number of rotatable bonds is 1. The lowest BCUT2D eigenvalue weighted by atomic mass is 10.1. The van der Waals surface area contributed by atoms with Gasteiger partial charge in [0.05, 0.1) is 17.1 Å². The fraction of sp³-hybridized carbons (Fsp3) is 0.316. The van der Waals surface area contributed by atoms with Crippen LogP contribution >= 0.6 is 0 Å². The van der Waals surface area contributed by atoms with E-state index in [0.717, 1.165) is 27.9 Å². The first kappa shape index (κ1) is 15.2. The van der Waals surface area contributed by atoms with Crippen LogP contribution in [0.4, 0.5) is 5.69 Å². The third-order valence-electron chi connectivity index (χ3n) is 4.20. The highest BCUT2D eigenvalue weighted by molar-refractivity contribution is 6.83. The van der Waals surface area contributed by atoms with E-state index in [9.17, 15) is 5.11 Å². The monoisotopic (exact) mass is 335 g/mol. The van der Waals surface area contributed by atoms with Gasteiger partial charge >= 0.3 is 0 Å². The number of hydrogen-bond donors (Lipinski definition) is 1. The minimum absolute atomic E-state index is 0.201. The molecule has 1 saturated heterocycles. The molecule has 122 valence electrons. The van der Waals surface area contributed by atoms with E-state index in [-0.39, 0.29) is 6.10 Å². The first-order valence-corrected chi connectivity index (χ1v) is 11.8. The summed E-state index contributed by atoms with van der Waals surface area (Å²) in [7, 11) is -1.38. The van der Waals surface area contributed by atoms with Crippen LogP contribution in [0, 0.1) is 11.5 Å². The predicted octanol–water partition coefficient (Wildman–Crippen LogP) is 2.90. The van der Waals surface area contributed by atoms with E-state index in [1.165, 1.54) is 0 Å². The Hall–Kier alpha value is -2.29. The average molecular weight is 335 g/mol. The van der Waals surface area contributed by atoms with Crippen LogP contribution in [0.5, 0.6) is 0 Å². The molecule has 1 aliphatic rings. The molecule has 1 aromatic carbocycles. The van der Waals surface area contributed by atoms with Gasteiger partial charge in [-0.15, -0.1) is 5.54 Å². The maximum absolute atomic E-state index is 9.47. The quantitative estimate of drug-likeness (QED) is 0.549. The average Bonchev–Trinajstić information content (AvgIpc) is 2.85. The molecule has 1 fully saturated rings. The number of aromatic nitrogens is 2. The first-order valence-electron chi connectivity index (χ1n) is 8.27. The molecule has 0 amide bonds. The maximum Gasteiger partial charge on any atom is 0.139 e. The van der Waals surface area contributed by atoms with E-state index in [2.05, 4.69) is 76.9 Å². The van der Waals surface area contributed by atoms with Crippen molar-refractivity contribution in [2.75, 3.05) is 18.0 Å². The smallest absolute Gasteiger partial charge is 0.139 e. The molecule has 24 heavy (non-hydrogen) atoms. The Labute approximate surface area is 142 Å². The summed E-state index contributed by atoms with van der Waals surface area (Å²) < 4.78 is 2.10. The molecule has 1 N–H and O–H groups in total. The Morgan fingerprint density at radius 2 is 1.96 bits per heavy atom. The maximum atomic E-state index is 9.47. The molecular formula is C19H21N3OSi. The summed E-state index contributed by atoms with van der Waals surface area (Å²) in [5.41, 5.74) is 8.54. The predicted molar refractivity (Wildman–Crippen MR) is 101 cm³/mol. The fourth-order valence-corrected chi connectivity index (χ4v) is 3.43. The van der Waals surface area contributed by atoms with Gasteiger partial charge in [-0.05, 0) is 24.3 Å². The molecule has 4 rings (SSSR count). The summed E-state index contributed by atoms with van der Waals surface area (Å²) in [6.07, 6.45) is 1.85. The van der Waals surface area contributed by atoms with Gasteiger partial charge in [0.2, 0.25) is 0 Å². The zero-order valence-corrected chi connectivity index (χ0v) is 15.2. The summed E-state index contributed by atoms with van der Waals surface area (Å²) in [6, 6.07) is 10.4. The molecule has 3 aromatic rings. The van der Waals surface area contributed by atoms with Gasteiger partial charge in [-0.1, -0.05) is 25.6 Å². The van der Waals surface area contributed by atoms with Crippen molar-refractivity contribution in [3.8, 4) is 11.5 Å². The molecule has 3 heterocycles. The third-order valence-corrected chi connectivity index (χ3v) is 5.07. The highest BCUT2D eigenvalue weighted by Gasteiger charge is 2.24. The molecule has 0 radical (unpaired) electrons. The lowest BCUT2D eigenvalue weighted by molar-refractivity contribution is 0.142. The second kappa shape index (κ2) is 5.37. The summed E-state index contributed by atoms with van der Waals surface area (Å²) in [5.74, 6) is 3.30. The molecule has 0 bridgehead atoms. The molecular weight excluding hydrogens is 314 g/mol. The molecule has 2 aromatic heterocycles. The number of nitrogens with zero attached hydrogens (tertiary/aromatic N) is 3. The van der Waals surface area contributed by atoms with Crippen LogP contribution in [-0.2, 0) is 0 Å². The molecule has 1 aliphatic heterocycles. The zero-order chi connectivity index (χ0) is 16.9. The van der Waals surface area contributed by atoms with Crippen LogP contribution < -0.4 is 4.90 Å². The van der Waals surface area contributed by atoms with Crippen LogP contribution in [0.1, 0.15) is 5.56 Å². The van der Waals surface area contributed by atoms with Gasteiger partial charge in [-0.2, -0.15) is 0 Å².